The second-order valence-electron chi connectivity index (χ2n) is 18.3. The van der Waals surface area contributed by atoms with E-state index in [1.807, 2.05) is 30.3 Å². The van der Waals surface area contributed by atoms with Gasteiger partial charge in [-0.05, 0) is 81.2 Å². The van der Waals surface area contributed by atoms with Gasteiger partial charge in [-0.25, -0.2) is 9.78 Å². The number of thiazole rings is 1. The number of carbonyl (C=O) groups excluding carboxylic acids is 1. The third-order valence-corrected chi connectivity index (χ3v) is 21.0. The van der Waals surface area contributed by atoms with Crippen molar-refractivity contribution in [3.63, 3.8) is 0 Å². The summed E-state index contributed by atoms with van der Waals surface area (Å²) in [6, 6.07) is 7.62. The van der Waals surface area contributed by atoms with E-state index in [0.717, 1.165) is 16.3 Å². The lowest BCUT2D eigenvalue weighted by Crippen LogP contribution is -2.49. The van der Waals surface area contributed by atoms with Crippen molar-refractivity contribution in [1.82, 2.24) is 4.98 Å². The molecule has 1 aromatic heterocycles. The smallest absolute Gasteiger partial charge is 0.344 e. The van der Waals surface area contributed by atoms with Gasteiger partial charge in [0.15, 0.2) is 16.6 Å². The molecule has 0 aliphatic heterocycles. The van der Waals surface area contributed by atoms with Crippen molar-refractivity contribution in [2.45, 2.75) is 161 Å². The Labute approximate surface area is 316 Å². The second-order valence-corrected chi connectivity index (χ2v) is 28.8. The van der Waals surface area contributed by atoms with Gasteiger partial charge < -0.3 is 28.2 Å². The summed E-state index contributed by atoms with van der Waals surface area (Å²) in [6.07, 6.45) is 2.75. The highest BCUT2D eigenvalue weighted by Gasteiger charge is 2.48. The number of hydrogen-bond donors (Lipinski definition) is 1. The normalized spacial score (nSPS) is 15.3. The first-order valence-electron chi connectivity index (χ1n) is 18.2. The molecule has 0 aliphatic carbocycles. The van der Waals surface area contributed by atoms with E-state index in [0.29, 0.717) is 36.6 Å². The van der Waals surface area contributed by atoms with Crippen LogP contribution in [-0.4, -0.2) is 64.7 Å². The molecule has 51 heavy (non-hydrogen) atoms. The Morgan fingerprint density at radius 3 is 1.98 bits per heavy atom. The van der Waals surface area contributed by atoms with Crippen LogP contribution in [0.1, 0.15) is 110 Å². The number of aliphatic hydroxyl groups is 1. The molecule has 1 aromatic carbocycles. The van der Waals surface area contributed by atoms with Crippen molar-refractivity contribution >= 4 is 33.9 Å². The van der Waals surface area contributed by atoms with Crippen LogP contribution in [0.15, 0.2) is 36.9 Å². The molecule has 0 radical (unpaired) electrons. The van der Waals surface area contributed by atoms with E-state index in [-0.39, 0.29) is 29.2 Å². The summed E-state index contributed by atoms with van der Waals surface area (Å²) in [6.45, 7) is 36.9. The predicted octanol–water partition coefficient (Wildman–Crippen LogP) is 10.1. The average molecular weight is 764 g/mol. The lowest BCUT2D eigenvalue weighted by Gasteiger charge is -2.43. The highest BCUT2D eigenvalue weighted by atomic mass is 32.1. The van der Waals surface area contributed by atoms with Crippen LogP contribution in [-0.2, 0) is 47.2 Å². The molecule has 11 heteroatoms. The molecule has 8 nitrogen and oxygen atoms in total. The molecule has 0 aliphatic rings. The zero-order valence-electron chi connectivity index (χ0n) is 34.7. The minimum Gasteiger partial charge on any atom is -0.497 e. The molecule has 2 atom stereocenters. The molecule has 0 saturated carbocycles. The fourth-order valence-electron chi connectivity index (χ4n) is 4.85. The fourth-order valence-corrected chi connectivity index (χ4v) is 8.72. The lowest BCUT2D eigenvalue weighted by atomic mass is 9.85. The molecule has 0 fully saturated rings. The SMILES string of the molecule is C=CCC(O[Si](C)(C)C(C)(C)C)C(C)(C)c1nc(CCO[Si](C)(C)C(C)(C)C)c(C(O)(CCOCc2ccc(OC)cc2)C(=O)OC(C)(C)C)s1. The zero-order chi connectivity index (χ0) is 39.3. The summed E-state index contributed by atoms with van der Waals surface area (Å²) < 4.78 is 30.9. The molecular formula is C40H69NO7SSi2. The fraction of sp³-hybridized carbons (Fsp3) is 0.700. The standard InChI is InChI=1S/C40H69NO7SSi2/c1-18-19-32(48-51(16,17)38(8,9)10)39(11,12)34-41-31(24-26-46-50(14,15)37(5,6)7)33(49-34)40(43,35(42)47-36(2,3)4)25-27-45-28-29-20-22-30(44-13)23-21-29/h18,20-23,32,43H,1,19,24-28H2,2-17H3. The number of carbonyl (C=O) groups is 1. The van der Waals surface area contributed by atoms with Gasteiger partial charge in [0.2, 0.25) is 5.60 Å². The van der Waals surface area contributed by atoms with Crippen LogP contribution < -0.4 is 4.74 Å². The Kier molecular flexibility index (Phi) is 15.2. The summed E-state index contributed by atoms with van der Waals surface area (Å²) in [4.78, 5) is 19.8. The summed E-state index contributed by atoms with van der Waals surface area (Å²) in [5.41, 5.74) is -1.80. The minimum atomic E-state index is -2.18. The number of aromatic nitrogens is 1. The Morgan fingerprint density at radius 2 is 1.49 bits per heavy atom. The van der Waals surface area contributed by atoms with Crippen LogP contribution in [0, 0.1) is 0 Å². The van der Waals surface area contributed by atoms with Crippen molar-refractivity contribution in [3.8, 4) is 5.75 Å². The molecule has 1 N–H and O–H groups in total. The highest BCUT2D eigenvalue weighted by molar-refractivity contribution is 7.12. The van der Waals surface area contributed by atoms with E-state index in [1.54, 1.807) is 27.9 Å². The average Bonchev–Trinajstić information content (AvgIpc) is 3.43. The number of hydrogen-bond acceptors (Lipinski definition) is 9. The minimum absolute atomic E-state index is 0.00552. The maximum Gasteiger partial charge on any atom is 0.344 e. The van der Waals surface area contributed by atoms with Gasteiger partial charge >= 0.3 is 5.97 Å². The monoisotopic (exact) mass is 763 g/mol. The van der Waals surface area contributed by atoms with Crippen LogP contribution in [0.3, 0.4) is 0 Å². The molecule has 2 rings (SSSR count). The van der Waals surface area contributed by atoms with Gasteiger partial charge in [0.05, 0.1) is 37.0 Å². The Hall–Kier alpha value is -1.87. The van der Waals surface area contributed by atoms with Gasteiger partial charge in [0.25, 0.3) is 0 Å². The van der Waals surface area contributed by atoms with Gasteiger partial charge in [0.1, 0.15) is 16.4 Å². The highest BCUT2D eigenvalue weighted by Crippen LogP contribution is 2.45. The van der Waals surface area contributed by atoms with Gasteiger partial charge in [-0.15, -0.1) is 17.9 Å². The van der Waals surface area contributed by atoms with E-state index in [1.165, 1.54) is 11.3 Å². The lowest BCUT2D eigenvalue weighted by molar-refractivity contribution is -0.180. The van der Waals surface area contributed by atoms with E-state index < -0.39 is 39.2 Å². The Bertz CT molecular complexity index is 1430. The summed E-state index contributed by atoms with van der Waals surface area (Å²) >= 11 is 1.36. The number of esters is 1. The zero-order valence-corrected chi connectivity index (χ0v) is 37.5. The number of ether oxygens (including phenoxy) is 3. The quantitative estimate of drug-likeness (QED) is 0.0694. The Morgan fingerprint density at radius 1 is 0.922 bits per heavy atom. The van der Waals surface area contributed by atoms with Gasteiger partial charge in [-0.3, -0.25) is 0 Å². The number of rotatable bonds is 18. The molecule has 0 spiro atoms. The van der Waals surface area contributed by atoms with E-state index in [9.17, 15) is 9.90 Å². The van der Waals surface area contributed by atoms with Crippen LogP contribution in [0.5, 0.6) is 5.75 Å². The molecule has 2 aromatic rings. The Balaban J connectivity index is 2.65. The molecule has 0 saturated heterocycles. The summed E-state index contributed by atoms with van der Waals surface area (Å²) in [5.74, 6) is 0.0415. The second kappa shape index (κ2) is 17.1. The van der Waals surface area contributed by atoms with Gasteiger partial charge in [-0.2, -0.15) is 0 Å². The first-order valence-corrected chi connectivity index (χ1v) is 24.8. The molecule has 0 bridgehead atoms. The predicted molar refractivity (Wildman–Crippen MR) is 216 cm³/mol. The molecule has 0 amide bonds. The van der Waals surface area contributed by atoms with Gasteiger partial charge in [0, 0.05) is 24.9 Å². The summed E-state index contributed by atoms with van der Waals surface area (Å²) in [5, 5.41) is 13.4. The maximum atomic E-state index is 14.1. The van der Waals surface area contributed by atoms with E-state index >= 15 is 0 Å². The van der Waals surface area contributed by atoms with Crippen molar-refractivity contribution < 1.29 is 33.0 Å². The first-order chi connectivity index (χ1) is 23.1. The number of benzene rings is 1. The number of nitrogens with zero attached hydrogens (tertiary/aromatic N) is 1. The third-order valence-electron chi connectivity index (χ3n) is 10.4. The third kappa shape index (κ3) is 12.1. The molecule has 290 valence electrons. The molecular weight excluding hydrogens is 695 g/mol. The molecule has 2 unspecified atom stereocenters. The summed E-state index contributed by atoms with van der Waals surface area (Å²) in [7, 11) is -2.63. The van der Waals surface area contributed by atoms with Crippen molar-refractivity contribution in [3.05, 3.63) is 58.1 Å². The van der Waals surface area contributed by atoms with Crippen LogP contribution in [0.25, 0.3) is 0 Å². The van der Waals surface area contributed by atoms with Crippen molar-refractivity contribution in [1.29, 1.82) is 0 Å². The topological polar surface area (TPSA) is 96.3 Å². The van der Waals surface area contributed by atoms with Crippen LogP contribution in [0.2, 0.25) is 36.3 Å². The first kappa shape index (κ1) is 45.3. The van der Waals surface area contributed by atoms with Gasteiger partial charge in [-0.1, -0.05) is 73.6 Å². The van der Waals surface area contributed by atoms with Crippen molar-refractivity contribution in [2.24, 2.45) is 0 Å². The number of methoxy groups -OCH3 is 1. The van der Waals surface area contributed by atoms with Crippen LogP contribution >= 0.6 is 11.3 Å². The van der Waals surface area contributed by atoms with Crippen LogP contribution in [0.4, 0.5) is 0 Å². The van der Waals surface area contributed by atoms with E-state index in [4.69, 9.17) is 28.0 Å². The van der Waals surface area contributed by atoms with Crippen molar-refractivity contribution in [2.75, 3.05) is 20.3 Å². The maximum absolute atomic E-state index is 14.1. The molecule has 1 heterocycles. The van der Waals surface area contributed by atoms with E-state index in [2.05, 4.69) is 88.2 Å². The largest absolute Gasteiger partial charge is 0.497 e.